The first-order chi connectivity index (χ1) is 17.5. The second-order valence-electron chi connectivity index (χ2n) is 7.99. The molecular formula is C25H30N6O4S. The van der Waals surface area contributed by atoms with Crippen molar-refractivity contribution in [3.05, 3.63) is 56.5 Å². The van der Waals surface area contributed by atoms with Gasteiger partial charge in [-0.1, -0.05) is 12.7 Å². The van der Waals surface area contributed by atoms with Crippen LogP contribution in [0.4, 0.5) is 16.2 Å². The monoisotopic (exact) mass is 510 g/mol. The number of hydrogen-bond donors (Lipinski definition) is 3. The van der Waals surface area contributed by atoms with Crippen LogP contribution in [0.3, 0.4) is 0 Å². The van der Waals surface area contributed by atoms with Crippen molar-refractivity contribution in [1.29, 1.82) is 5.26 Å². The Kier molecular flexibility index (Phi) is 9.85. The first kappa shape index (κ1) is 26.7. The molecule has 1 aromatic carbocycles. The molecule has 0 aliphatic carbocycles. The molecule has 1 aromatic heterocycles. The summed E-state index contributed by atoms with van der Waals surface area (Å²) in [5, 5.41) is 18.2. The van der Waals surface area contributed by atoms with Crippen LogP contribution in [0.5, 0.6) is 0 Å². The predicted molar refractivity (Wildman–Crippen MR) is 141 cm³/mol. The molecule has 11 heteroatoms. The number of esters is 1. The molecule has 36 heavy (non-hydrogen) atoms. The summed E-state index contributed by atoms with van der Waals surface area (Å²) in [4.78, 5) is 39.5. The van der Waals surface area contributed by atoms with E-state index in [2.05, 4.69) is 27.4 Å². The molecule has 0 spiro atoms. The number of thiazole rings is 1. The van der Waals surface area contributed by atoms with Gasteiger partial charge in [0.25, 0.3) is 5.56 Å². The number of carbonyl (C=O) groups is 2. The average molecular weight is 511 g/mol. The normalized spacial score (nSPS) is 14.6. The zero-order valence-electron chi connectivity index (χ0n) is 20.2. The quantitative estimate of drug-likeness (QED) is 0.326. The van der Waals surface area contributed by atoms with Crippen molar-refractivity contribution in [1.82, 2.24) is 14.8 Å². The molecule has 2 amide bonds. The molecule has 190 valence electrons. The minimum absolute atomic E-state index is 0.0304. The summed E-state index contributed by atoms with van der Waals surface area (Å²) in [6.07, 6.45) is 5.37. The first-order valence-corrected chi connectivity index (χ1v) is 12.5. The zero-order valence-corrected chi connectivity index (χ0v) is 21.0. The van der Waals surface area contributed by atoms with E-state index in [0.717, 1.165) is 31.0 Å². The number of likely N-dealkylation sites (tertiary alicyclic amines) is 1. The number of ether oxygens (including phenoxy) is 1. The van der Waals surface area contributed by atoms with Gasteiger partial charge in [0, 0.05) is 37.2 Å². The highest BCUT2D eigenvalue weighted by molar-refractivity contribution is 7.07. The smallest absolute Gasteiger partial charge is 0.352 e. The highest BCUT2D eigenvalue weighted by atomic mass is 32.1. The Morgan fingerprint density at radius 3 is 2.56 bits per heavy atom. The van der Waals surface area contributed by atoms with E-state index in [1.807, 2.05) is 6.07 Å². The number of anilines is 2. The fourth-order valence-electron chi connectivity index (χ4n) is 3.69. The highest BCUT2D eigenvalue weighted by Gasteiger charge is 2.16. The molecule has 0 saturated carbocycles. The van der Waals surface area contributed by atoms with Crippen LogP contribution in [0.1, 0.15) is 19.8 Å². The molecule has 10 nitrogen and oxygen atoms in total. The lowest BCUT2D eigenvalue weighted by Gasteiger charge is -2.15. The lowest BCUT2D eigenvalue weighted by Crippen LogP contribution is -2.35. The maximum atomic E-state index is 12.8. The molecule has 0 radical (unpaired) electrons. The Hall–Kier alpha value is -3.88. The maximum Gasteiger partial charge on any atom is 0.352 e. The van der Waals surface area contributed by atoms with Gasteiger partial charge in [0.2, 0.25) is 0 Å². The fourth-order valence-corrected chi connectivity index (χ4v) is 4.76. The Balaban J connectivity index is 1.67. The number of hydrogen-bond acceptors (Lipinski definition) is 8. The topological polar surface area (TPSA) is 128 Å². The number of amides is 2. The zero-order chi connectivity index (χ0) is 25.9. The van der Waals surface area contributed by atoms with Gasteiger partial charge in [-0.05, 0) is 57.1 Å². The number of carbonyl (C=O) groups excluding carboxylic acids is 2. The van der Waals surface area contributed by atoms with Crippen LogP contribution in [0.2, 0.25) is 0 Å². The van der Waals surface area contributed by atoms with Crippen molar-refractivity contribution in [2.75, 3.05) is 43.4 Å². The molecule has 1 aliphatic rings. The van der Waals surface area contributed by atoms with Gasteiger partial charge in [-0.2, -0.15) is 5.26 Å². The third-order valence-electron chi connectivity index (χ3n) is 5.51. The van der Waals surface area contributed by atoms with Crippen molar-refractivity contribution >= 4 is 46.5 Å². The van der Waals surface area contributed by atoms with Gasteiger partial charge in [0.1, 0.15) is 21.9 Å². The van der Waals surface area contributed by atoms with Gasteiger partial charge in [-0.25, -0.2) is 9.59 Å². The van der Waals surface area contributed by atoms with E-state index < -0.39 is 5.97 Å². The Bertz CT molecular complexity index is 1300. The van der Waals surface area contributed by atoms with E-state index in [9.17, 15) is 19.6 Å². The summed E-state index contributed by atoms with van der Waals surface area (Å²) < 4.78 is 6.90. The summed E-state index contributed by atoms with van der Waals surface area (Å²) in [6.45, 7) is 9.12. The van der Waals surface area contributed by atoms with Crippen molar-refractivity contribution in [2.24, 2.45) is 0 Å². The van der Waals surface area contributed by atoms with Gasteiger partial charge in [-0.3, -0.25) is 9.36 Å². The molecule has 3 N–H and O–H groups in total. The molecule has 0 bridgehead atoms. The van der Waals surface area contributed by atoms with Gasteiger partial charge < -0.3 is 25.6 Å². The Labute approximate surface area is 213 Å². The standard InChI is InChI=1S/C25H30N6O4S/c1-3-15-35-24(33)20(16-26)23-31(4-2)22(32)21(36-23)17-28-18-7-9-19(10-8-18)29-25(34)27-11-14-30-12-5-6-13-30/h3,7-10,17,28H,1,4-6,11-15H2,2H3,(H2,27,29,34)/b21-17?,23-20-. The van der Waals surface area contributed by atoms with Crippen LogP contribution in [0.25, 0.3) is 11.8 Å². The summed E-state index contributed by atoms with van der Waals surface area (Å²) in [6, 6.07) is 8.61. The molecule has 1 fully saturated rings. The molecule has 2 aromatic rings. The van der Waals surface area contributed by atoms with E-state index in [1.165, 1.54) is 29.7 Å². The van der Waals surface area contributed by atoms with Crippen LogP contribution in [-0.4, -0.2) is 54.3 Å². The Morgan fingerprint density at radius 1 is 1.22 bits per heavy atom. The lowest BCUT2D eigenvalue weighted by molar-refractivity contribution is -0.135. The van der Waals surface area contributed by atoms with Gasteiger partial charge in [-0.15, -0.1) is 11.3 Å². The third kappa shape index (κ3) is 7.07. The molecule has 0 unspecified atom stereocenters. The highest BCUT2D eigenvalue weighted by Crippen LogP contribution is 2.13. The number of rotatable bonds is 10. The number of urea groups is 1. The molecule has 1 aliphatic heterocycles. The summed E-state index contributed by atoms with van der Waals surface area (Å²) in [7, 11) is 0. The summed E-state index contributed by atoms with van der Waals surface area (Å²) in [5.74, 6) is -0.802. The van der Waals surface area contributed by atoms with Crippen LogP contribution in [0, 0.1) is 11.3 Å². The molecule has 3 rings (SSSR count). The van der Waals surface area contributed by atoms with E-state index in [-0.39, 0.29) is 28.4 Å². The summed E-state index contributed by atoms with van der Waals surface area (Å²) in [5.41, 5.74) is 0.785. The van der Waals surface area contributed by atoms with Gasteiger partial charge in [0.05, 0.1) is 0 Å². The number of benzene rings is 1. The van der Waals surface area contributed by atoms with Crippen molar-refractivity contribution in [2.45, 2.75) is 26.3 Å². The number of nitrogens with zero attached hydrogens (tertiary/aromatic N) is 3. The number of nitrogens with one attached hydrogen (secondary N) is 3. The first-order valence-electron chi connectivity index (χ1n) is 11.7. The van der Waals surface area contributed by atoms with Crippen LogP contribution in [0.15, 0.2) is 41.7 Å². The van der Waals surface area contributed by atoms with Crippen LogP contribution < -0.4 is 30.7 Å². The fraction of sp³-hybridized carbons (Fsp3) is 0.360. The second-order valence-corrected chi connectivity index (χ2v) is 9.02. The van der Waals surface area contributed by atoms with E-state index in [4.69, 9.17) is 4.74 Å². The maximum absolute atomic E-state index is 12.8. The molecule has 2 heterocycles. The molecule has 0 atom stereocenters. The predicted octanol–water partition coefficient (Wildman–Crippen LogP) is 1.40. The van der Waals surface area contributed by atoms with Crippen LogP contribution >= 0.6 is 11.3 Å². The van der Waals surface area contributed by atoms with Crippen molar-refractivity contribution < 1.29 is 14.3 Å². The third-order valence-corrected chi connectivity index (χ3v) is 6.64. The van der Waals surface area contributed by atoms with Crippen LogP contribution in [-0.2, 0) is 16.1 Å². The second kappa shape index (κ2) is 13.3. The van der Waals surface area contributed by atoms with Gasteiger partial charge in [0.15, 0.2) is 5.57 Å². The Morgan fingerprint density at radius 2 is 1.92 bits per heavy atom. The van der Waals surface area contributed by atoms with Crippen molar-refractivity contribution in [3.8, 4) is 6.07 Å². The largest absolute Gasteiger partial charge is 0.457 e. The average Bonchev–Trinajstić information content (AvgIpc) is 3.50. The minimum atomic E-state index is -0.802. The lowest BCUT2D eigenvalue weighted by atomic mass is 10.3. The van der Waals surface area contributed by atoms with E-state index in [1.54, 1.807) is 31.2 Å². The molecule has 1 saturated heterocycles. The minimum Gasteiger partial charge on any atom is -0.457 e. The van der Waals surface area contributed by atoms with Gasteiger partial charge >= 0.3 is 12.0 Å². The van der Waals surface area contributed by atoms with Crippen molar-refractivity contribution in [3.63, 3.8) is 0 Å². The summed E-state index contributed by atoms with van der Waals surface area (Å²) >= 11 is 1.03. The molecular weight excluding hydrogens is 480 g/mol. The SMILES string of the molecule is C=CCOC(=O)/C(C#N)=c1\sc(=CNc2ccc(NC(=O)NCCN3CCCC3)cc2)c(=O)n1CC. The van der Waals surface area contributed by atoms with E-state index >= 15 is 0 Å². The number of aromatic nitrogens is 1. The van der Waals surface area contributed by atoms with E-state index in [0.29, 0.717) is 29.0 Å². The number of nitriles is 1.